The lowest BCUT2D eigenvalue weighted by atomic mass is 10.1. The van der Waals surface area contributed by atoms with Crippen molar-refractivity contribution >= 4 is 43.3 Å². The number of hydrogen-bond donors (Lipinski definition) is 1. The predicted octanol–water partition coefficient (Wildman–Crippen LogP) is 4.84. The first-order valence-electron chi connectivity index (χ1n) is 9.75. The molecule has 8 heteroatoms. The molecule has 0 spiro atoms. The van der Waals surface area contributed by atoms with Gasteiger partial charge in [-0.15, -0.1) is 0 Å². The van der Waals surface area contributed by atoms with Crippen LogP contribution in [0.5, 0.6) is 0 Å². The van der Waals surface area contributed by atoms with Crippen molar-refractivity contribution in [1.82, 2.24) is 0 Å². The third-order valence-corrected chi connectivity index (χ3v) is 8.95. The average molecular weight is 436 g/mol. The number of carbonyl (C=O) groups is 1. The maximum Gasteiger partial charge on any atom is 0.303 e. The fourth-order valence-corrected chi connectivity index (χ4v) is 6.26. The molecule has 27 heavy (non-hydrogen) atoms. The van der Waals surface area contributed by atoms with Crippen LogP contribution in [-0.2, 0) is 26.4 Å². The van der Waals surface area contributed by atoms with Crippen molar-refractivity contribution in [1.29, 1.82) is 5.26 Å². The van der Waals surface area contributed by atoms with Crippen LogP contribution in [-0.4, -0.2) is 33.5 Å². The first-order valence-corrected chi connectivity index (χ1v) is 12.6. The van der Waals surface area contributed by atoms with Gasteiger partial charge in [0.25, 0.3) is 0 Å². The van der Waals surface area contributed by atoms with E-state index in [0.717, 1.165) is 19.3 Å². The molecule has 0 heterocycles. The molecule has 0 bridgehead atoms. The topological polar surface area (TPSA) is 95.2 Å². The lowest BCUT2D eigenvalue weighted by Gasteiger charge is -2.19. The van der Waals surface area contributed by atoms with Gasteiger partial charge in [0, 0.05) is 12.2 Å². The number of carboxylic acid groups (broad SMARTS) is 1. The van der Waals surface area contributed by atoms with Crippen LogP contribution in [0.4, 0.5) is 0 Å². The number of thiocarbonyl (C=S) groups is 1. The number of aliphatic carboxylic acids is 1. The quantitative estimate of drug-likeness (QED) is 0.292. The molecule has 0 aromatic heterocycles. The summed E-state index contributed by atoms with van der Waals surface area (Å²) < 4.78 is 23.2. The minimum absolute atomic E-state index is 0.0823. The summed E-state index contributed by atoms with van der Waals surface area (Å²) in [6, 6.07) is 1.89. The molecular weight excluding hydrogens is 402 g/mol. The van der Waals surface area contributed by atoms with Gasteiger partial charge in [0.15, 0.2) is 3.53 Å². The zero-order valence-corrected chi connectivity index (χ0v) is 19.0. The Kier molecular flexibility index (Phi) is 14.9. The average Bonchev–Trinajstić information content (AvgIpc) is 2.66. The van der Waals surface area contributed by atoms with Gasteiger partial charge in [0.2, 0.25) is 0 Å². The summed E-state index contributed by atoms with van der Waals surface area (Å²) in [5.41, 5.74) is 0. The van der Waals surface area contributed by atoms with Crippen LogP contribution in [0.1, 0.15) is 90.9 Å². The van der Waals surface area contributed by atoms with Crippen molar-refractivity contribution < 1.29 is 18.3 Å². The maximum absolute atomic E-state index is 12.5. The fourth-order valence-electron chi connectivity index (χ4n) is 2.61. The molecule has 0 saturated carbocycles. The van der Waals surface area contributed by atoms with Crippen LogP contribution in [0.3, 0.4) is 0 Å². The summed E-state index contributed by atoms with van der Waals surface area (Å²) in [6.07, 6.45) is 11.3. The van der Waals surface area contributed by atoms with Crippen molar-refractivity contribution in [3.63, 3.8) is 0 Å². The fraction of sp³-hybridized carbons (Fsp3) is 0.842. The first kappa shape index (κ1) is 26.4. The van der Waals surface area contributed by atoms with Crippen molar-refractivity contribution in [2.24, 2.45) is 0 Å². The van der Waals surface area contributed by atoms with Gasteiger partial charge in [-0.25, -0.2) is 0 Å². The monoisotopic (exact) mass is 435 g/mol. The molecule has 0 aliphatic heterocycles. The Labute approximate surface area is 174 Å². The highest BCUT2D eigenvalue weighted by Crippen LogP contribution is 2.22. The lowest BCUT2D eigenvalue weighted by molar-refractivity contribution is -0.137. The van der Waals surface area contributed by atoms with E-state index in [4.69, 9.17) is 17.3 Å². The van der Waals surface area contributed by atoms with E-state index in [1.165, 1.54) is 51.9 Å². The van der Waals surface area contributed by atoms with Crippen LogP contribution in [0.15, 0.2) is 0 Å². The smallest absolute Gasteiger partial charge is 0.303 e. The molecular formula is C19H33NO4S3. The largest absolute Gasteiger partial charge is 0.481 e. The predicted molar refractivity (Wildman–Crippen MR) is 116 cm³/mol. The van der Waals surface area contributed by atoms with Gasteiger partial charge in [-0.1, -0.05) is 76.9 Å². The molecule has 0 aromatic carbocycles. The number of carboxylic acids is 1. The molecule has 3 atom stereocenters. The molecule has 0 amide bonds. The van der Waals surface area contributed by atoms with Gasteiger partial charge in [0.1, 0.15) is 4.75 Å². The van der Waals surface area contributed by atoms with E-state index in [1.807, 2.05) is 6.07 Å². The maximum atomic E-state index is 12.5. The van der Waals surface area contributed by atoms with E-state index < -0.39 is 32.3 Å². The van der Waals surface area contributed by atoms with Gasteiger partial charge < -0.3 is 5.11 Å². The molecule has 156 valence electrons. The van der Waals surface area contributed by atoms with Crippen molar-refractivity contribution in [3.05, 3.63) is 0 Å². The molecule has 3 unspecified atom stereocenters. The van der Waals surface area contributed by atoms with Gasteiger partial charge in [-0.3, -0.25) is 13.2 Å². The molecule has 0 rings (SSSR count). The number of nitrogens with zero attached hydrogens (tertiary/aromatic N) is 1. The summed E-state index contributed by atoms with van der Waals surface area (Å²) in [5, 5.41) is 18.0. The number of nitriles is 1. The van der Waals surface area contributed by atoms with Gasteiger partial charge in [-0.05, 0) is 19.8 Å². The molecule has 0 saturated heterocycles. The minimum Gasteiger partial charge on any atom is -0.481 e. The van der Waals surface area contributed by atoms with E-state index in [2.05, 4.69) is 6.92 Å². The summed E-state index contributed by atoms with van der Waals surface area (Å²) in [7, 11) is -3.46. The van der Waals surface area contributed by atoms with E-state index in [0.29, 0.717) is 5.75 Å². The number of unbranched alkanes of at least 4 members (excludes halogenated alkanes) is 9. The molecule has 0 aromatic rings. The third kappa shape index (κ3) is 11.7. The van der Waals surface area contributed by atoms with E-state index in [1.54, 1.807) is 0 Å². The van der Waals surface area contributed by atoms with Gasteiger partial charge in [0.05, 0.1) is 27.7 Å². The van der Waals surface area contributed by atoms with Crippen molar-refractivity contribution in [2.75, 3.05) is 5.75 Å². The molecule has 0 radical (unpaired) electrons. The second-order valence-electron chi connectivity index (χ2n) is 6.99. The van der Waals surface area contributed by atoms with E-state index >= 15 is 0 Å². The van der Waals surface area contributed by atoms with Crippen LogP contribution in [0.25, 0.3) is 0 Å². The second-order valence-corrected chi connectivity index (χ2v) is 11.5. The summed E-state index contributed by atoms with van der Waals surface area (Å²) in [6.45, 7) is 3.62. The Morgan fingerprint density at radius 1 is 1.04 bits per heavy atom. The van der Waals surface area contributed by atoms with Gasteiger partial charge in [-0.2, -0.15) is 5.26 Å². The standard InChI is InChI=1S/C19H33NO4S3/c1-3-4-5-6-7-8-9-10-11-12-15-26(23)18(25)27(24)19(2,16-20)14-13-17(21)22/h3-15H2,1-2H3,(H,21,22). The van der Waals surface area contributed by atoms with Crippen LogP contribution >= 0.6 is 12.2 Å². The summed E-state index contributed by atoms with van der Waals surface area (Å²) in [5.74, 6) is -0.715. The zero-order chi connectivity index (χ0) is 20.7. The molecule has 1 N–H and O–H groups in total. The SMILES string of the molecule is CCCCCCCCCCCCS(=O)C(=S)S(=O)C(C)(C#N)CCC(=O)O. The molecule has 0 fully saturated rings. The number of hydrogen-bond acceptors (Lipinski definition) is 5. The molecule has 0 aliphatic carbocycles. The van der Waals surface area contributed by atoms with Gasteiger partial charge >= 0.3 is 5.97 Å². The van der Waals surface area contributed by atoms with Crippen LogP contribution < -0.4 is 0 Å². The Morgan fingerprint density at radius 3 is 1.96 bits per heavy atom. The van der Waals surface area contributed by atoms with E-state index in [-0.39, 0.29) is 16.4 Å². The van der Waals surface area contributed by atoms with Crippen molar-refractivity contribution in [3.8, 4) is 6.07 Å². The third-order valence-electron chi connectivity index (χ3n) is 4.48. The molecule has 5 nitrogen and oxygen atoms in total. The van der Waals surface area contributed by atoms with Crippen LogP contribution in [0, 0.1) is 11.3 Å². The highest BCUT2D eigenvalue weighted by atomic mass is 32.3. The highest BCUT2D eigenvalue weighted by molar-refractivity contribution is 8.36. The highest BCUT2D eigenvalue weighted by Gasteiger charge is 2.36. The summed E-state index contributed by atoms with van der Waals surface area (Å²) in [4.78, 5) is 10.7. The first-order chi connectivity index (χ1) is 12.8. The lowest BCUT2D eigenvalue weighted by Crippen LogP contribution is -2.35. The van der Waals surface area contributed by atoms with Crippen molar-refractivity contribution in [2.45, 2.75) is 95.6 Å². The molecule has 0 aliphatic rings. The summed E-state index contributed by atoms with van der Waals surface area (Å²) >= 11 is 5.06. The van der Waals surface area contributed by atoms with Crippen LogP contribution in [0.2, 0.25) is 0 Å². The zero-order valence-electron chi connectivity index (χ0n) is 16.5. The Hall–Kier alpha value is -0.650. The Balaban J connectivity index is 4.10. The van der Waals surface area contributed by atoms with E-state index in [9.17, 15) is 18.5 Å². The number of rotatable bonds is 15. The minimum atomic E-state index is -1.92. The Bertz CT molecular complexity index is 560. The second kappa shape index (κ2) is 15.3. The normalized spacial score (nSPS) is 15.4. The Morgan fingerprint density at radius 2 is 1.52 bits per heavy atom.